The normalized spacial score (nSPS) is 21.6. The molecule has 0 aromatic carbocycles. The summed E-state index contributed by atoms with van der Waals surface area (Å²) in [5.41, 5.74) is 1.58. The molecule has 162 valence electrons. The molecule has 1 atom stereocenters. The number of morpholine rings is 1. The highest BCUT2D eigenvalue weighted by Gasteiger charge is 2.46. The number of rotatable bonds is 5. The molecule has 2 aliphatic rings. The maximum atomic E-state index is 13.0. The number of nitrogens with zero attached hydrogens (tertiary/aromatic N) is 5. The van der Waals surface area contributed by atoms with Gasteiger partial charge in [-0.15, -0.1) is 0 Å². The summed E-state index contributed by atoms with van der Waals surface area (Å²) < 4.78 is 5.38. The van der Waals surface area contributed by atoms with Crippen LogP contribution in [-0.2, 0) is 14.3 Å². The molecule has 0 bridgehead atoms. The highest BCUT2D eigenvalue weighted by atomic mass is 16.5. The predicted molar refractivity (Wildman–Crippen MR) is 112 cm³/mol. The summed E-state index contributed by atoms with van der Waals surface area (Å²) in [6, 6.07) is 2.82. The molecule has 0 aliphatic carbocycles. The minimum absolute atomic E-state index is 0.0375. The minimum Gasteiger partial charge on any atom is -0.507 e. The lowest BCUT2D eigenvalue weighted by molar-refractivity contribution is -0.140. The molecule has 9 heteroatoms. The van der Waals surface area contributed by atoms with E-state index in [0.29, 0.717) is 48.9 Å². The second-order valence-electron chi connectivity index (χ2n) is 7.65. The molecule has 1 amide bonds. The monoisotopic (exact) mass is 423 g/mol. The number of hydrogen-bond acceptors (Lipinski definition) is 8. The Balaban J connectivity index is 1.74. The summed E-state index contributed by atoms with van der Waals surface area (Å²) in [5, 5.41) is 11.1. The first-order valence-corrected chi connectivity index (χ1v) is 10.3. The smallest absolute Gasteiger partial charge is 0.295 e. The van der Waals surface area contributed by atoms with Crippen molar-refractivity contribution in [1.82, 2.24) is 24.8 Å². The SMILES string of the molecule is Cc1ncc(C(O)=C2C(=O)C(=O)N(CCN3CCOCC3)[C@@H]2c2cccnc2)c(C)n1. The van der Waals surface area contributed by atoms with Crippen molar-refractivity contribution in [3.05, 3.63) is 58.9 Å². The van der Waals surface area contributed by atoms with E-state index in [2.05, 4.69) is 19.9 Å². The Kier molecular flexibility index (Phi) is 6.06. The molecule has 4 rings (SSSR count). The molecule has 2 saturated heterocycles. The molecular weight excluding hydrogens is 398 g/mol. The van der Waals surface area contributed by atoms with Crippen LogP contribution in [-0.4, -0.2) is 80.9 Å². The van der Waals surface area contributed by atoms with Crippen LogP contribution in [0.2, 0.25) is 0 Å². The van der Waals surface area contributed by atoms with Crippen molar-refractivity contribution in [3.63, 3.8) is 0 Å². The fraction of sp³-hybridized carbons (Fsp3) is 0.409. The fourth-order valence-electron chi connectivity index (χ4n) is 4.03. The summed E-state index contributed by atoms with van der Waals surface area (Å²) in [6.45, 7) is 7.30. The van der Waals surface area contributed by atoms with E-state index in [1.165, 1.54) is 11.1 Å². The van der Waals surface area contributed by atoms with E-state index in [4.69, 9.17) is 4.74 Å². The molecule has 0 spiro atoms. The summed E-state index contributed by atoms with van der Waals surface area (Å²) in [5.74, 6) is -1.05. The van der Waals surface area contributed by atoms with Crippen LogP contribution in [0, 0.1) is 13.8 Å². The Morgan fingerprint density at radius 3 is 2.65 bits per heavy atom. The van der Waals surface area contributed by atoms with Gasteiger partial charge in [-0.05, 0) is 25.5 Å². The second kappa shape index (κ2) is 8.91. The van der Waals surface area contributed by atoms with Crippen molar-refractivity contribution in [3.8, 4) is 0 Å². The van der Waals surface area contributed by atoms with Gasteiger partial charge in [0.05, 0.1) is 36.1 Å². The van der Waals surface area contributed by atoms with Crippen molar-refractivity contribution in [2.24, 2.45) is 0 Å². The molecule has 1 N–H and O–H groups in total. The van der Waals surface area contributed by atoms with Gasteiger partial charge in [-0.1, -0.05) is 6.07 Å². The highest BCUT2D eigenvalue weighted by molar-refractivity contribution is 6.46. The first-order chi connectivity index (χ1) is 15.0. The maximum absolute atomic E-state index is 13.0. The third kappa shape index (κ3) is 4.19. The van der Waals surface area contributed by atoms with E-state index < -0.39 is 17.7 Å². The van der Waals surface area contributed by atoms with Gasteiger partial charge < -0.3 is 14.7 Å². The third-order valence-electron chi connectivity index (χ3n) is 5.66. The van der Waals surface area contributed by atoms with Crippen LogP contribution in [0.1, 0.15) is 28.7 Å². The van der Waals surface area contributed by atoms with Gasteiger partial charge in [-0.3, -0.25) is 19.5 Å². The Morgan fingerprint density at radius 2 is 1.97 bits per heavy atom. The summed E-state index contributed by atoms with van der Waals surface area (Å²) in [4.78, 5) is 42.3. The van der Waals surface area contributed by atoms with Gasteiger partial charge in [0.15, 0.2) is 0 Å². The largest absolute Gasteiger partial charge is 0.507 e. The average Bonchev–Trinajstić information content (AvgIpc) is 3.03. The number of aromatic nitrogens is 3. The Labute approximate surface area is 180 Å². The standard InChI is InChI=1S/C22H25N5O4/c1-14-17(13-24-15(2)25-14)20(28)18-19(16-4-3-5-23-12-16)27(22(30)21(18)29)7-6-26-8-10-31-11-9-26/h3-5,12-13,19,28H,6-11H2,1-2H3/t19-/m1/s1. The van der Waals surface area contributed by atoms with Crippen LogP contribution in [0.15, 0.2) is 36.3 Å². The van der Waals surface area contributed by atoms with Crippen molar-refractivity contribution in [2.45, 2.75) is 19.9 Å². The van der Waals surface area contributed by atoms with E-state index in [1.54, 1.807) is 38.4 Å². The maximum Gasteiger partial charge on any atom is 0.295 e. The zero-order valence-corrected chi connectivity index (χ0v) is 17.6. The van der Waals surface area contributed by atoms with Gasteiger partial charge in [-0.25, -0.2) is 9.97 Å². The zero-order chi connectivity index (χ0) is 22.0. The molecular formula is C22H25N5O4. The topological polar surface area (TPSA) is 109 Å². The number of Topliss-reactive ketones (excluding diaryl/α,β-unsaturated/α-hetero) is 1. The van der Waals surface area contributed by atoms with Gasteiger partial charge in [0.25, 0.3) is 11.7 Å². The molecule has 9 nitrogen and oxygen atoms in total. The van der Waals surface area contributed by atoms with Gasteiger partial charge >= 0.3 is 0 Å². The van der Waals surface area contributed by atoms with Crippen molar-refractivity contribution >= 4 is 17.4 Å². The quantitative estimate of drug-likeness (QED) is 0.435. The van der Waals surface area contributed by atoms with Crippen LogP contribution in [0.5, 0.6) is 0 Å². The zero-order valence-electron chi connectivity index (χ0n) is 17.6. The van der Waals surface area contributed by atoms with Crippen LogP contribution in [0.4, 0.5) is 0 Å². The summed E-state index contributed by atoms with van der Waals surface area (Å²) in [6.07, 6.45) is 4.72. The minimum atomic E-state index is -0.726. The lowest BCUT2D eigenvalue weighted by atomic mass is 9.96. The van der Waals surface area contributed by atoms with Gasteiger partial charge in [0.2, 0.25) is 0 Å². The molecule has 0 unspecified atom stereocenters. The predicted octanol–water partition coefficient (Wildman–Crippen LogP) is 1.24. The number of carbonyl (C=O) groups excluding carboxylic acids is 2. The van der Waals surface area contributed by atoms with E-state index in [-0.39, 0.29) is 11.3 Å². The second-order valence-corrected chi connectivity index (χ2v) is 7.65. The average molecular weight is 423 g/mol. The molecule has 31 heavy (non-hydrogen) atoms. The Morgan fingerprint density at radius 1 is 1.19 bits per heavy atom. The third-order valence-corrected chi connectivity index (χ3v) is 5.66. The highest BCUT2D eigenvalue weighted by Crippen LogP contribution is 2.39. The molecule has 2 aromatic heterocycles. The number of likely N-dealkylation sites (tertiary alicyclic amines) is 1. The van der Waals surface area contributed by atoms with E-state index in [9.17, 15) is 14.7 Å². The Hall–Kier alpha value is -3.17. The Bertz CT molecular complexity index is 1020. The van der Waals surface area contributed by atoms with Crippen molar-refractivity contribution in [1.29, 1.82) is 0 Å². The molecule has 4 heterocycles. The number of pyridine rings is 1. The number of hydrogen-bond donors (Lipinski definition) is 1. The molecule has 2 fully saturated rings. The van der Waals surface area contributed by atoms with Crippen LogP contribution < -0.4 is 0 Å². The number of aliphatic hydroxyl groups is 1. The summed E-state index contributed by atoms with van der Waals surface area (Å²) >= 11 is 0. The molecule has 0 saturated carbocycles. The number of amides is 1. The van der Waals surface area contributed by atoms with Crippen molar-refractivity contribution < 1.29 is 19.4 Å². The first kappa shape index (κ1) is 21.1. The van der Waals surface area contributed by atoms with Gasteiger partial charge in [0, 0.05) is 44.8 Å². The fourth-order valence-corrected chi connectivity index (χ4v) is 4.03. The van der Waals surface area contributed by atoms with Gasteiger partial charge in [0.1, 0.15) is 11.6 Å². The van der Waals surface area contributed by atoms with Gasteiger partial charge in [-0.2, -0.15) is 0 Å². The number of aryl methyl sites for hydroxylation is 2. The number of aliphatic hydroxyl groups excluding tert-OH is 1. The van der Waals surface area contributed by atoms with Crippen LogP contribution >= 0.6 is 0 Å². The lowest BCUT2D eigenvalue weighted by Crippen LogP contribution is -2.42. The number of ketones is 1. The number of ether oxygens (including phenoxy) is 1. The molecule has 2 aromatic rings. The van der Waals surface area contributed by atoms with Crippen molar-refractivity contribution in [2.75, 3.05) is 39.4 Å². The van der Waals surface area contributed by atoms with E-state index in [0.717, 1.165) is 13.1 Å². The first-order valence-electron chi connectivity index (χ1n) is 10.3. The van der Waals surface area contributed by atoms with E-state index in [1.807, 2.05) is 0 Å². The van der Waals surface area contributed by atoms with Crippen LogP contribution in [0.3, 0.4) is 0 Å². The lowest BCUT2D eigenvalue weighted by Gasteiger charge is -2.30. The van der Waals surface area contributed by atoms with Crippen LogP contribution in [0.25, 0.3) is 5.76 Å². The molecule has 0 radical (unpaired) electrons. The summed E-state index contributed by atoms with van der Waals surface area (Å²) in [7, 11) is 0. The molecule has 2 aliphatic heterocycles. The number of carbonyl (C=O) groups is 2. The van der Waals surface area contributed by atoms with E-state index >= 15 is 0 Å².